The molecule has 0 aromatic carbocycles. The van der Waals surface area contributed by atoms with E-state index >= 15 is 0 Å². The molecule has 12 heavy (non-hydrogen) atoms. The van der Waals surface area contributed by atoms with Crippen LogP contribution in [0.25, 0.3) is 0 Å². The third kappa shape index (κ3) is 4.04. The maximum Gasteiger partial charge on any atom is 1.00 e. The molecule has 0 bridgehead atoms. The molecule has 0 aliphatic carbocycles. The number of rotatable bonds is 5. The van der Waals surface area contributed by atoms with Gasteiger partial charge in [-0.25, -0.2) is 4.39 Å². The predicted octanol–water partition coefficient (Wildman–Crippen LogP) is -2.40. The Morgan fingerprint density at radius 3 is 1.92 bits per heavy atom. The minimum absolute atomic E-state index is 0. The topological polar surface area (TPSA) is 40.1 Å². The largest absolute Gasteiger partial charge is 1.00 e. The van der Waals surface area contributed by atoms with Gasteiger partial charge in [0.2, 0.25) is 0 Å². The quantitative estimate of drug-likeness (QED) is 0.349. The molecule has 0 saturated heterocycles. The molecule has 0 aromatic rings. The van der Waals surface area contributed by atoms with Gasteiger partial charge in [-0.1, -0.05) is 12.2 Å². The summed E-state index contributed by atoms with van der Waals surface area (Å²) in [6.45, 7) is 6.49. The van der Waals surface area contributed by atoms with E-state index in [9.17, 15) is 14.3 Å². The molecule has 0 atom stereocenters. The van der Waals surface area contributed by atoms with E-state index < -0.39 is 11.6 Å². The molecule has 2 nitrogen and oxygen atoms in total. The van der Waals surface area contributed by atoms with Crippen LogP contribution in [0, 0.1) is 0 Å². The van der Waals surface area contributed by atoms with E-state index in [1.165, 1.54) is 12.2 Å². The monoisotopic (exact) mass is 180 g/mol. The van der Waals surface area contributed by atoms with Gasteiger partial charge in [-0.2, -0.15) is 0 Å². The molecule has 0 spiro atoms. The molecule has 0 unspecified atom stereocenters. The summed E-state index contributed by atoms with van der Waals surface area (Å²) in [4.78, 5) is 10.2. The van der Waals surface area contributed by atoms with Gasteiger partial charge in [-0.15, -0.1) is 13.2 Å². The summed E-state index contributed by atoms with van der Waals surface area (Å²) in [5.41, 5.74) is -2.33. The van der Waals surface area contributed by atoms with Crippen LogP contribution >= 0.6 is 0 Å². The van der Waals surface area contributed by atoms with Crippen molar-refractivity contribution in [2.75, 3.05) is 0 Å². The van der Waals surface area contributed by atoms with Gasteiger partial charge in [-0.05, 0) is 0 Å². The van der Waals surface area contributed by atoms with Crippen molar-refractivity contribution in [3.63, 3.8) is 0 Å². The number of hydrogen-bond donors (Lipinski definition) is 0. The average molecular weight is 180 g/mol. The number of aliphatic carboxylic acids is 1. The number of alkyl halides is 1. The minimum atomic E-state index is -2.33. The Balaban J connectivity index is 0. The van der Waals surface area contributed by atoms with E-state index in [0.717, 1.165) is 0 Å². The average Bonchev–Trinajstić information content (AvgIpc) is 1.88. The minimum Gasteiger partial charge on any atom is -0.547 e. The van der Waals surface area contributed by atoms with Gasteiger partial charge in [0.1, 0.15) is 0 Å². The van der Waals surface area contributed by atoms with Crippen molar-refractivity contribution in [1.29, 1.82) is 0 Å². The SMILES string of the molecule is C=CCC(F)(CC=C)C(=O)[O-].[Na+]. The molecule has 0 radical (unpaired) electrons. The maximum atomic E-state index is 13.1. The Morgan fingerprint density at radius 2 is 1.75 bits per heavy atom. The zero-order valence-electron chi connectivity index (χ0n) is 7.18. The fourth-order valence-electron chi connectivity index (χ4n) is 0.708. The van der Waals surface area contributed by atoms with E-state index in [4.69, 9.17) is 0 Å². The molecule has 0 aliphatic heterocycles. The van der Waals surface area contributed by atoms with Gasteiger partial charge >= 0.3 is 29.6 Å². The Hall–Kier alpha value is -0.120. The van der Waals surface area contributed by atoms with Gasteiger partial charge in [0.25, 0.3) is 0 Å². The summed E-state index contributed by atoms with van der Waals surface area (Å²) in [5.74, 6) is -1.71. The van der Waals surface area contributed by atoms with Gasteiger partial charge in [0.05, 0.1) is 5.97 Å². The van der Waals surface area contributed by atoms with Crippen molar-refractivity contribution in [3.05, 3.63) is 25.3 Å². The maximum absolute atomic E-state index is 13.1. The summed E-state index contributed by atoms with van der Waals surface area (Å²) in [6.07, 6.45) is 1.92. The van der Waals surface area contributed by atoms with E-state index in [-0.39, 0.29) is 42.4 Å². The molecule has 0 amide bonds. The Morgan fingerprint density at radius 1 is 1.42 bits per heavy atom. The molecule has 0 saturated carbocycles. The molecule has 62 valence electrons. The zero-order chi connectivity index (χ0) is 8.91. The van der Waals surface area contributed by atoms with Crippen LogP contribution in [0.4, 0.5) is 4.39 Å². The number of carbonyl (C=O) groups excluding carboxylic acids is 1. The van der Waals surface area contributed by atoms with Crippen LogP contribution in [0.5, 0.6) is 0 Å². The van der Waals surface area contributed by atoms with Gasteiger partial charge < -0.3 is 9.90 Å². The van der Waals surface area contributed by atoms with Crippen molar-refractivity contribution >= 4 is 5.97 Å². The number of hydrogen-bond acceptors (Lipinski definition) is 2. The first kappa shape index (κ1) is 14.4. The van der Waals surface area contributed by atoms with E-state index in [0.29, 0.717) is 0 Å². The molecule has 0 rings (SSSR count). The van der Waals surface area contributed by atoms with Crippen LogP contribution in [0.3, 0.4) is 0 Å². The van der Waals surface area contributed by atoms with Gasteiger partial charge in [-0.3, -0.25) is 0 Å². The molecule has 0 heterocycles. The van der Waals surface area contributed by atoms with Crippen molar-refractivity contribution in [1.82, 2.24) is 0 Å². The van der Waals surface area contributed by atoms with Crippen molar-refractivity contribution < 1.29 is 43.8 Å². The normalized spacial score (nSPS) is 9.75. The van der Waals surface area contributed by atoms with Crippen molar-refractivity contribution in [3.8, 4) is 0 Å². The number of allylic oxidation sites excluding steroid dienone is 2. The first-order valence-electron chi connectivity index (χ1n) is 3.19. The predicted molar refractivity (Wildman–Crippen MR) is 38.5 cm³/mol. The van der Waals surface area contributed by atoms with E-state index in [1.54, 1.807) is 0 Å². The summed E-state index contributed by atoms with van der Waals surface area (Å²) in [6, 6.07) is 0. The number of carboxylic acid groups (broad SMARTS) is 1. The zero-order valence-corrected chi connectivity index (χ0v) is 9.18. The Bertz CT molecular complexity index is 170. The van der Waals surface area contributed by atoms with Gasteiger partial charge in [0.15, 0.2) is 5.67 Å². The van der Waals surface area contributed by atoms with Crippen molar-refractivity contribution in [2.45, 2.75) is 18.5 Å². The Labute approximate surface area is 93.4 Å². The van der Waals surface area contributed by atoms with Crippen LogP contribution in [-0.2, 0) is 4.79 Å². The summed E-state index contributed by atoms with van der Waals surface area (Å²) in [5, 5.41) is 10.2. The molecule has 0 aliphatic rings. The fraction of sp³-hybridized carbons (Fsp3) is 0.375. The second kappa shape index (κ2) is 6.40. The van der Waals surface area contributed by atoms with Crippen LogP contribution in [0.2, 0.25) is 0 Å². The molecule has 0 aromatic heterocycles. The van der Waals surface area contributed by atoms with Crippen molar-refractivity contribution in [2.24, 2.45) is 0 Å². The third-order valence-electron chi connectivity index (χ3n) is 1.30. The van der Waals surface area contributed by atoms with Crippen LogP contribution in [-0.4, -0.2) is 11.6 Å². The van der Waals surface area contributed by atoms with E-state index in [2.05, 4.69) is 13.2 Å². The summed E-state index contributed by atoms with van der Waals surface area (Å²) in [7, 11) is 0. The molecule has 4 heteroatoms. The second-order valence-electron chi connectivity index (χ2n) is 2.24. The summed E-state index contributed by atoms with van der Waals surface area (Å²) >= 11 is 0. The number of carboxylic acids is 1. The number of halogens is 1. The third-order valence-corrected chi connectivity index (χ3v) is 1.30. The molecule has 0 fully saturated rings. The molecule has 0 N–H and O–H groups in total. The smallest absolute Gasteiger partial charge is 0.547 e. The first-order valence-corrected chi connectivity index (χ1v) is 3.19. The fourth-order valence-corrected chi connectivity index (χ4v) is 0.708. The van der Waals surface area contributed by atoms with E-state index in [1.807, 2.05) is 0 Å². The molecular weight excluding hydrogens is 170 g/mol. The first-order chi connectivity index (χ1) is 5.06. The standard InChI is InChI=1S/C8H11FO2.Na/c1-3-5-8(9,6-4-2)7(10)11;/h3-4H,1-2,5-6H2,(H,10,11);/q;+1/p-1. The second-order valence-corrected chi connectivity index (χ2v) is 2.24. The van der Waals surface area contributed by atoms with Crippen LogP contribution in [0.1, 0.15) is 12.8 Å². The molecular formula is C8H10FNaO2. The van der Waals surface area contributed by atoms with Crippen LogP contribution < -0.4 is 34.7 Å². The Kier molecular flexibility index (Phi) is 7.69. The van der Waals surface area contributed by atoms with Crippen LogP contribution in [0.15, 0.2) is 25.3 Å². The van der Waals surface area contributed by atoms with Gasteiger partial charge in [0, 0.05) is 12.8 Å². The summed E-state index contributed by atoms with van der Waals surface area (Å²) < 4.78 is 13.1. The number of carbonyl (C=O) groups is 1.